The number of hydrogen-bond donors (Lipinski definition) is 2. The Morgan fingerprint density at radius 1 is 1.09 bits per heavy atom. The SMILES string of the molecule is COC1C[C@H](C(=O)Nc2ccc3c(c2)C2(CC2)CN(C)CC3)N(C(=O)Nc2ccc(Br)cc2)C1. The fourth-order valence-electron chi connectivity index (χ4n) is 5.33. The molecule has 2 heterocycles. The lowest BCUT2D eigenvalue weighted by Crippen LogP contribution is -2.45. The molecule has 2 aromatic rings. The Bertz CT molecular complexity index is 1090. The summed E-state index contributed by atoms with van der Waals surface area (Å²) in [4.78, 5) is 30.4. The highest BCUT2D eigenvalue weighted by molar-refractivity contribution is 9.10. The Labute approximate surface area is 209 Å². The number of benzene rings is 2. The molecule has 2 aromatic carbocycles. The number of fused-ring (bicyclic) bond motifs is 2. The van der Waals surface area contributed by atoms with Gasteiger partial charge in [-0.15, -0.1) is 0 Å². The standard InChI is InChI=1S/C26H31BrN4O3/c1-30-12-9-17-3-6-20(13-22(17)26(16-30)10-11-26)28-24(32)23-14-21(34-2)15-31(23)25(33)29-19-7-4-18(27)5-8-19/h3-8,13,21,23H,9-12,14-16H2,1-2H3,(H,28,32)(H,29,33)/t21?,23-/m1/s1. The van der Waals surface area contributed by atoms with Gasteiger partial charge in [0.2, 0.25) is 5.91 Å². The number of nitrogens with one attached hydrogen (secondary N) is 2. The summed E-state index contributed by atoms with van der Waals surface area (Å²) in [6.45, 7) is 2.50. The zero-order valence-corrected chi connectivity index (χ0v) is 21.2. The normalized spacial score (nSPS) is 23.3. The molecule has 0 aromatic heterocycles. The summed E-state index contributed by atoms with van der Waals surface area (Å²) in [6.07, 6.45) is 3.72. The summed E-state index contributed by atoms with van der Waals surface area (Å²) in [5, 5.41) is 6.00. The third-order valence-electron chi connectivity index (χ3n) is 7.39. The van der Waals surface area contributed by atoms with E-state index in [1.54, 1.807) is 12.0 Å². The molecule has 1 unspecified atom stereocenters. The number of carbonyl (C=O) groups excluding carboxylic acids is 2. The first kappa shape index (κ1) is 23.3. The topological polar surface area (TPSA) is 73.9 Å². The summed E-state index contributed by atoms with van der Waals surface area (Å²) in [5.41, 5.74) is 4.47. The number of anilines is 2. The van der Waals surface area contributed by atoms with Crippen molar-refractivity contribution in [1.29, 1.82) is 0 Å². The summed E-state index contributed by atoms with van der Waals surface area (Å²) >= 11 is 3.40. The van der Waals surface area contributed by atoms with E-state index in [1.807, 2.05) is 30.3 Å². The first-order valence-electron chi connectivity index (χ1n) is 11.9. The van der Waals surface area contributed by atoms with Crippen LogP contribution in [-0.4, -0.2) is 67.7 Å². The maximum Gasteiger partial charge on any atom is 0.322 e. The van der Waals surface area contributed by atoms with E-state index in [1.165, 1.54) is 24.0 Å². The van der Waals surface area contributed by atoms with E-state index < -0.39 is 6.04 Å². The van der Waals surface area contributed by atoms with Gasteiger partial charge in [-0.25, -0.2) is 4.79 Å². The minimum absolute atomic E-state index is 0.177. The molecular formula is C26H31BrN4O3. The molecule has 2 atom stereocenters. The van der Waals surface area contributed by atoms with Crippen LogP contribution in [0.4, 0.5) is 16.2 Å². The fraction of sp³-hybridized carbons (Fsp3) is 0.462. The number of hydrogen-bond acceptors (Lipinski definition) is 4. The second-order valence-electron chi connectivity index (χ2n) is 9.83. The van der Waals surface area contributed by atoms with Gasteiger partial charge in [0.1, 0.15) is 6.04 Å². The van der Waals surface area contributed by atoms with Crippen LogP contribution >= 0.6 is 15.9 Å². The Balaban J connectivity index is 1.32. The number of ether oxygens (including phenoxy) is 1. The molecule has 8 heteroatoms. The minimum Gasteiger partial charge on any atom is -0.380 e. The lowest BCUT2D eigenvalue weighted by atomic mass is 9.90. The van der Waals surface area contributed by atoms with E-state index in [9.17, 15) is 9.59 Å². The lowest BCUT2D eigenvalue weighted by molar-refractivity contribution is -0.119. The van der Waals surface area contributed by atoms with Gasteiger partial charge >= 0.3 is 6.03 Å². The molecule has 1 saturated carbocycles. The molecule has 3 amide bonds. The van der Waals surface area contributed by atoms with Crippen molar-refractivity contribution in [1.82, 2.24) is 9.80 Å². The molecule has 5 rings (SSSR count). The number of nitrogens with zero attached hydrogens (tertiary/aromatic N) is 2. The van der Waals surface area contributed by atoms with Gasteiger partial charge in [-0.3, -0.25) is 4.79 Å². The molecule has 180 valence electrons. The number of amides is 3. The Kier molecular flexibility index (Phi) is 6.39. The van der Waals surface area contributed by atoms with E-state index in [0.717, 1.165) is 29.7 Å². The molecule has 0 bridgehead atoms. The minimum atomic E-state index is -0.597. The average molecular weight is 527 g/mol. The first-order valence-corrected chi connectivity index (χ1v) is 12.6. The predicted octanol–water partition coefficient (Wildman–Crippen LogP) is 4.23. The predicted molar refractivity (Wildman–Crippen MR) is 136 cm³/mol. The van der Waals surface area contributed by atoms with Gasteiger partial charge in [-0.1, -0.05) is 22.0 Å². The average Bonchev–Trinajstić information content (AvgIpc) is 3.49. The van der Waals surface area contributed by atoms with Gasteiger partial charge in [-0.2, -0.15) is 0 Å². The number of methoxy groups -OCH3 is 1. The van der Waals surface area contributed by atoms with Crippen LogP contribution in [0.3, 0.4) is 0 Å². The van der Waals surface area contributed by atoms with Crippen LogP contribution in [0.15, 0.2) is 46.9 Å². The zero-order chi connectivity index (χ0) is 23.9. The van der Waals surface area contributed by atoms with Crippen molar-refractivity contribution < 1.29 is 14.3 Å². The van der Waals surface area contributed by atoms with Crippen LogP contribution in [0.25, 0.3) is 0 Å². The number of urea groups is 1. The van der Waals surface area contributed by atoms with Crippen LogP contribution in [-0.2, 0) is 21.4 Å². The number of rotatable bonds is 4. The largest absolute Gasteiger partial charge is 0.380 e. The van der Waals surface area contributed by atoms with Crippen LogP contribution in [0.2, 0.25) is 0 Å². The highest BCUT2D eigenvalue weighted by Gasteiger charge is 2.47. The molecule has 1 saturated heterocycles. The van der Waals surface area contributed by atoms with Crippen LogP contribution < -0.4 is 10.6 Å². The number of carbonyl (C=O) groups is 2. The Morgan fingerprint density at radius 3 is 2.53 bits per heavy atom. The van der Waals surface area contributed by atoms with E-state index in [0.29, 0.717) is 18.7 Å². The third-order valence-corrected chi connectivity index (χ3v) is 7.92. The summed E-state index contributed by atoms with van der Waals surface area (Å²) in [5.74, 6) is -0.180. The van der Waals surface area contributed by atoms with Crippen molar-refractivity contribution in [3.63, 3.8) is 0 Å². The smallest absolute Gasteiger partial charge is 0.322 e. The molecule has 2 fully saturated rings. The molecular weight excluding hydrogens is 496 g/mol. The quantitative estimate of drug-likeness (QED) is 0.625. The highest BCUT2D eigenvalue weighted by atomic mass is 79.9. The van der Waals surface area contributed by atoms with Gasteiger partial charge < -0.3 is 25.2 Å². The maximum atomic E-state index is 13.4. The van der Waals surface area contributed by atoms with E-state index in [-0.39, 0.29) is 23.5 Å². The van der Waals surface area contributed by atoms with Crippen LogP contribution in [0, 0.1) is 0 Å². The van der Waals surface area contributed by atoms with E-state index in [2.05, 4.69) is 50.6 Å². The van der Waals surface area contributed by atoms with Crippen molar-refractivity contribution >= 4 is 39.2 Å². The first-order chi connectivity index (χ1) is 16.4. The summed E-state index contributed by atoms with van der Waals surface area (Å²) < 4.78 is 6.44. The summed E-state index contributed by atoms with van der Waals surface area (Å²) in [7, 11) is 3.81. The van der Waals surface area contributed by atoms with Crippen molar-refractivity contribution in [2.75, 3.05) is 44.4 Å². The van der Waals surface area contributed by atoms with Gasteiger partial charge in [0.05, 0.1) is 6.10 Å². The van der Waals surface area contributed by atoms with E-state index >= 15 is 0 Å². The molecule has 2 aliphatic heterocycles. The Hall–Kier alpha value is -2.42. The van der Waals surface area contributed by atoms with Crippen molar-refractivity contribution in [3.8, 4) is 0 Å². The number of halogens is 1. The van der Waals surface area contributed by atoms with E-state index in [4.69, 9.17) is 4.74 Å². The molecule has 1 aliphatic carbocycles. The second kappa shape index (κ2) is 9.32. The number of likely N-dealkylation sites (N-methyl/N-ethyl adjacent to an activating group) is 1. The molecule has 0 radical (unpaired) electrons. The van der Waals surface area contributed by atoms with Gasteiger partial charge in [-0.05, 0) is 73.8 Å². The van der Waals surface area contributed by atoms with Gasteiger partial charge in [0, 0.05) is 54.4 Å². The monoisotopic (exact) mass is 526 g/mol. The second-order valence-corrected chi connectivity index (χ2v) is 10.7. The molecule has 3 aliphatic rings. The highest BCUT2D eigenvalue weighted by Crippen LogP contribution is 2.51. The third kappa shape index (κ3) is 4.72. The zero-order valence-electron chi connectivity index (χ0n) is 19.6. The van der Waals surface area contributed by atoms with Crippen molar-refractivity contribution in [2.45, 2.75) is 43.2 Å². The molecule has 34 heavy (non-hydrogen) atoms. The van der Waals surface area contributed by atoms with Gasteiger partial charge in [0.15, 0.2) is 0 Å². The molecule has 7 nitrogen and oxygen atoms in total. The number of likely N-dealkylation sites (tertiary alicyclic amines) is 1. The lowest BCUT2D eigenvalue weighted by Gasteiger charge is -2.25. The van der Waals surface area contributed by atoms with Crippen LogP contribution in [0.1, 0.15) is 30.4 Å². The summed E-state index contributed by atoms with van der Waals surface area (Å²) in [6, 6.07) is 12.8. The Morgan fingerprint density at radius 2 is 1.82 bits per heavy atom. The molecule has 2 N–H and O–H groups in total. The molecule has 1 spiro atoms. The van der Waals surface area contributed by atoms with Crippen molar-refractivity contribution in [3.05, 3.63) is 58.1 Å². The van der Waals surface area contributed by atoms with Crippen LogP contribution in [0.5, 0.6) is 0 Å². The van der Waals surface area contributed by atoms with Gasteiger partial charge in [0.25, 0.3) is 0 Å². The van der Waals surface area contributed by atoms with Crippen molar-refractivity contribution in [2.24, 2.45) is 0 Å². The fourth-order valence-corrected chi connectivity index (χ4v) is 5.60. The maximum absolute atomic E-state index is 13.4.